The van der Waals surface area contributed by atoms with Crippen LogP contribution in [0.4, 0.5) is 8.78 Å². The van der Waals surface area contributed by atoms with Crippen molar-refractivity contribution in [3.8, 4) is 0 Å². The normalized spacial score (nSPS) is 13.1. The van der Waals surface area contributed by atoms with Gasteiger partial charge in [-0.05, 0) is 18.6 Å². The van der Waals surface area contributed by atoms with Gasteiger partial charge in [0.1, 0.15) is 6.61 Å². The molecule has 0 bridgehead atoms. The van der Waals surface area contributed by atoms with Crippen molar-refractivity contribution in [1.29, 1.82) is 0 Å². The second kappa shape index (κ2) is 5.39. The molecule has 0 unspecified atom stereocenters. The predicted molar refractivity (Wildman–Crippen MR) is 57.3 cm³/mol. The first-order chi connectivity index (χ1) is 6.47. The molecule has 0 aromatic heterocycles. The third kappa shape index (κ3) is 3.41. The van der Waals surface area contributed by atoms with Crippen molar-refractivity contribution in [3.05, 3.63) is 35.4 Å². The molecular formula is C10H14ClF2NO. The first-order valence-electron chi connectivity index (χ1n) is 4.32. The van der Waals surface area contributed by atoms with Crippen molar-refractivity contribution in [2.45, 2.75) is 18.9 Å². The molecule has 0 radical (unpaired) electrons. The maximum Gasteiger partial charge on any atom is 0.295 e. The Morgan fingerprint density at radius 2 is 2.07 bits per heavy atom. The van der Waals surface area contributed by atoms with E-state index in [2.05, 4.69) is 0 Å². The molecule has 3 N–H and O–H groups in total. The molecule has 2 nitrogen and oxygen atoms in total. The molecule has 0 amide bonds. The Bertz CT molecular complexity index is 318. The summed E-state index contributed by atoms with van der Waals surface area (Å²) < 4.78 is 26.1. The Labute approximate surface area is 93.5 Å². The van der Waals surface area contributed by atoms with E-state index in [4.69, 9.17) is 10.8 Å². The standard InChI is InChI=1S/C10H13F2NO.ClH/c1-7(13)8-3-2-4-9(5-8)10(11,12)6-14;/h2-5,7,14H,6,13H2,1H3;1H/t7-;/m1./s1. The van der Waals surface area contributed by atoms with Gasteiger partial charge in [0.2, 0.25) is 0 Å². The maximum absolute atomic E-state index is 13.0. The highest BCUT2D eigenvalue weighted by molar-refractivity contribution is 5.85. The lowest BCUT2D eigenvalue weighted by Gasteiger charge is -2.15. The van der Waals surface area contributed by atoms with Crippen LogP contribution in [-0.4, -0.2) is 11.7 Å². The van der Waals surface area contributed by atoms with E-state index in [0.29, 0.717) is 5.56 Å². The molecule has 1 aromatic rings. The molecule has 1 aromatic carbocycles. The lowest BCUT2D eigenvalue weighted by molar-refractivity contribution is -0.0556. The largest absolute Gasteiger partial charge is 0.390 e. The first-order valence-corrected chi connectivity index (χ1v) is 4.32. The van der Waals surface area contributed by atoms with Gasteiger partial charge in [-0.2, -0.15) is 8.78 Å². The Kier molecular flexibility index (Phi) is 5.14. The van der Waals surface area contributed by atoms with Gasteiger partial charge in [0, 0.05) is 11.6 Å². The molecule has 0 fully saturated rings. The van der Waals surface area contributed by atoms with Crippen LogP contribution < -0.4 is 5.73 Å². The summed E-state index contributed by atoms with van der Waals surface area (Å²) in [5.74, 6) is -3.19. The highest BCUT2D eigenvalue weighted by Gasteiger charge is 2.30. The summed E-state index contributed by atoms with van der Waals surface area (Å²) in [6.45, 7) is 0.533. The Balaban J connectivity index is 0.00000196. The van der Waals surface area contributed by atoms with Crippen LogP contribution in [0.25, 0.3) is 0 Å². The quantitative estimate of drug-likeness (QED) is 0.847. The van der Waals surface area contributed by atoms with Gasteiger partial charge in [-0.1, -0.05) is 18.2 Å². The molecule has 0 aliphatic rings. The number of halogens is 3. The third-order valence-electron chi connectivity index (χ3n) is 2.03. The number of nitrogens with two attached hydrogens (primary N) is 1. The minimum Gasteiger partial charge on any atom is -0.390 e. The molecule has 0 heterocycles. The van der Waals surface area contributed by atoms with Crippen molar-refractivity contribution in [2.75, 3.05) is 6.61 Å². The highest BCUT2D eigenvalue weighted by Crippen LogP contribution is 2.28. The number of hydrogen-bond donors (Lipinski definition) is 2. The van der Waals surface area contributed by atoms with E-state index in [1.54, 1.807) is 13.0 Å². The average molecular weight is 238 g/mol. The van der Waals surface area contributed by atoms with E-state index in [0.717, 1.165) is 0 Å². The van der Waals surface area contributed by atoms with Gasteiger partial charge in [-0.25, -0.2) is 0 Å². The topological polar surface area (TPSA) is 46.2 Å². The van der Waals surface area contributed by atoms with E-state index in [1.807, 2.05) is 0 Å². The fourth-order valence-corrected chi connectivity index (χ4v) is 1.14. The van der Waals surface area contributed by atoms with Crippen molar-refractivity contribution in [1.82, 2.24) is 0 Å². The molecular weight excluding hydrogens is 224 g/mol. The lowest BCUT2D eigenvalue weighted by atomic mass is 10.0. The molecule has 0 saturated heterocycles. The van der Waals surface area contributed by atoms with E-state index < -0.39 is 12.5 Å². The summed E-state index contributed by atoms with van der Waals surface area (Å²) in [6.07, 6.45) is 0. The zero-order valence-corrected chi connectivity index (χ0v) is 9.10. The molecule has 1 atom stereocenters. The van der Waals surface area contributed by atoms with Crippen molar-refractivity contribution in [3.63, 3.8) is 0 Å². The van der Waals surface area contributed by atoms with Crippen LogP contribution in [0.2, 0.25) is 0 Å². The van der Waals surface area contributed by atoms with Crippen molar-refractivity contribution < 1.29 is 13.9 Å². The number of benzene rings is 1. The van der Waals surface area contributed by atoms with Crippen LogP contribution in [0.5, 0.6) is 0 Å². The average Bonchev–Trinajstić information content (AvgIpc) is 2.18. The fraction of sp³-hybridized carbons (Fsp3) is 0.400. The Morgan fingerprint density at radius 3 is 2.53 bits per heavy atom. The van der Waals surface area contributed by atoms with Crippen LogP contribution in [0.15, 0.2) is 24.3 Å². The maximum atomic E-state index is 13.0. The Hall–Kier alpha value is -0.710. The number of aliphatic hydroxyl groups excluding tert-OH is 1. The van der Waals surface area contributed by atoms with E-state index in [9.17, 15) is 8.78 Å². The van der Waals surface area contributed by atoms with Gasteiger partial charge >= 0.3 is 0 Å². The molecule has 0 spiro atoms. The fourth-order valence-electron chi connectivity index (χ4n) is 1.14. The second-order valence-electron chi connectivity index (χ2n) is 3.28. The van der Waals surface area contributed by atoms with E-state index >= 15 is 0 Å². The molecule has 0 aliphatic carbocycles. The zero-order chi connectivity index (χ0) is 10.8. The molecule has 5 heteroatoms. The number of aliphatic hydroxyl groups is 1. The summed E-state index contributed by atoms with van der Waals surface area (Å²) in [4.78, 5) is 0. The van der Waals surface area contributed by atoms with E-state index in [1.165, 1.54) is 18.2 Å². The molecule has 86 valence electrons. The summed E-state index contributed by atoms with van der Waals surface area (Å²) in [5.41, 5.74) is 6.00. The van der Waals surface area contributed by atoms with Crippen LogP contribution in [0.1, 0.15) is 24.1 Å². The molecule has 0 saturated carbocycles. The van der Waals surface area contributed by atoms with Gasteiger partial charge < -0.3 is 10.8 Å². The van der Waals surface area contributed by atoms with Crippen molar-refractivity contribution >= 4 is 12.4 Å². The molecule has 15 heavy (non-hydrogen) atoms. The monoisotopic (exact) mass is 237 g/mol. The Morgan fingerprint density at radius 1 is 1.47 bits per heavy atom. The molecule has 1 rings (SSSR count). The number of alkyl halides is 2. The van der Waals surface area contributed by atoms with Gasteiger partial charge in [0.05, 0.1) is 0 Å². The molecule has 0 aliphatic heterocycles. The third-order valence-corrected chi connectivity index (χ3v) is 2.03. The zero-order valence-electron chi connectivity index (χ0n) is 8.28. The number of rotatable bonds is 3. The van der Waals surface area contributed by atoms with Crippen LogP contribution >= 0.6 is 12.4 Å². The van der Waals surface area contributed by atoms with Crippen molar-refractivity contribution in [2.24, 2.45) is 5.73 Å². The SMILES string of the molecule is C[C@@H](N)c1cccc(C(F)(F)CO)c1.Cl. The van der Waals surface area contributed by atoms with Crippen LogP contribution in [0, 0.1) is 0 Å². The second-order valence-corrected chi connectivity index (χ2v) is 3.28. The minimum absolute atomic E-state index is 0. The lowest BCUT2D eigenvalue weighted by Crippen LogP contribution is -2.19. The summed E-state index contributed by atoms with van der Waals surface area (Å²) in [7, 11) is 0. The minimum atomic E-state index is -3.19. The van der Waals surface area contributed by atoms with E-state index in [-0.39, 0.29) is 24.0 Å². The summed E-state index contributed by atoms with van der Waals surface area (Å²) in [6, 6.07) is 5.51. The smallest absolute Gasteiger partial charge is 0.295 e. The van der Waals surface area contributed by atoms with Crippen LogP contribution in [0.3, 0.4) is 0 Å². The highest BCUT2D eigenvalue weighted by atomic mass is 35.5. The van der Waals surface area contributed by atoms with Gasteiger partial charge in [-0.15, -0.1) is 12.4 Å². The van der Waals surface area contributed by atoms with Crippen LogP contribution in [-0.2, 0) is 5.92 Å². The van der Waals surface area contributed by atoms with Gasteiger partial charge in [-0.3, -0.25) is 0 Å². The number of hydrogen-bond acceptors (Lipinski definition) is 2. The van der Waals surface area contributed by atoms with Gasteiger partial charge in [0.25, 0.3) is 5.92 Å². The summed E-state index contributed by atoms with van der Waals surface area (Å²) >= 11 is 0. The first kappa shape index (κ1) is 14.3. The summed E-state index contributed by atoms with van der Waals surface area (Å²) in [5, 5.41) is 8.50. The van der Waals surface area contributed by atoms with Gasteiger partial charge in [0.15, 0.2) is 0 Å². The predicted octanol–water partition coefficient (Wildman–Crippen LogP) is 2.21.